The van der Waals surface area contributed by atoms with Gasteiger partial charge < -0.3 is 19.8 Å². The first-order valence-corrected chi connectivity index (χ1v) is 6.09. The molecule has 1 amide bonds. The summed E-state index contributed by atoms with van der Waals surface area (Å²) in [7, 11) is 0. The van der Waals surface area contributed by atoms with Crippen molar-refractivity contribution in [3.05, 3.63) is 0 Å². The number of aliphatic hydroxyl groups excluding tert-OH is 1. The third-order valence-corrected chi connectivity index (χ3v) is 2.91. The van der Waals surface area contributed by atoms with E-state index in [1.54, 1.807) is 20.8 Å². The monoisotopic (exact) mass is 259 g/mol. The Morgan fingerprint density at radius 3 is 2.50 bits per heavy atom. The van der Waals surface area contributed by atoms with Crippen LogP contribution in [0.25, 0.3) is 0 Å². The molecule has 1 aliphatic rings. The van der Waals surface area contributed by atoms with E-state index >= 15 is 0 Å². The summed E-state index contributed by atoms with van der Waals surface area (Å²) in [6.07, 6.45) is 0.800. The lowest BCUT2D eigenvalue weighted by molar-refractivity contribution is -0.145. The predicted molar refractivity (Wildman–Crippen MR) is 64.2 cm³/mol. The molecule has 0 saturated carbocycles. The zero-order valence-electron chi connectivity index (χ0n) is 11.0. The maximum absolute atomic E-state index is 11.9. The second kappa shape index (κ2) is 5.56. The molecule has 1 heterocycles. The first-order chi connectivity index (χ1) is 8.26. The summed E-state index contributed by atoms with van der Waals surface area (Å²) in [4.78, 5) is 24.4. The summed E-state index contributed by atoms with van der Waals surface area (Å²) in [6, 6.07) is -0.484. The van der Waals surface area contributed by atoms with E-state index in [0.29, 0.717) is 13.0 Å². The molecule has 1 fully saturated rings. The minimum Gasteiger partial charge on any atom is -0.481 e. The molecule has 2 N–H and O–H groups in total. The van der Waals surface area contributed by atoms with E-state index in [1.807, 2.05) is 0 Å². The van der Waals surface area contributed by atoms with Gasteiger partial charge in [-0.2, -0.15) is 0 Å². The third kappa shape index (κ3) is 3.60. The van der Waals surface area contributed by atoms with Crippen LogP contribution in [0.4, 0.5) is 4.79 Å². The van der Waals surface area contributed by atoms with Gasteiger partial charge in [-0.05, 0) is 33.6 Å². The van der Waals surface area contributed by atoms with E-state index in [4.69, 9.17) is 14.9 Å². The number of aliphatic carboxylic acids is 1. The van der Waals surface area contributed by atoms with E-state index in [0.717, 1.165) is 6.42 Å². The first kappa shape index (κ1) is 14.8. The van der Waals surface area contributed by atoms with Gasteiger partial charge in [-0.25, -0.2) is 4.79 Å². The fourth-order valence-electron chi connectivity index (χ4n) is 2.12. The summed E-state index contributed by atoms with van der Waals surface area (Å²) in [6.45, 7) is 5.28. The van der Waals surface area contributed by atoms with Crippen LogP contribution in [0.15, 0.2) is 0 Å². The fraction of sp³-hybridized carbons (Fsp3) is 0.833. The molecule has 2 unspecified atom stereocenters. The lowest BCUT2D eigenvalue weighted by Crippen LogP contribution is -2.46. The number of nitrogens with zero attached hydrogens (tertiary/aromatic N) is 1. The highest BCUT2D eigenvalue weighted by Gasteiger charge is 2.39. The SMILES string of the molecule is CC(C)(C)OC(=O)N1CCCC1C(CO)C(=O)O. The van der Waals surface area contributed by atoms with Gasteiger partial charge in [-0.3, -0.25) is 4.79 Å². The van der Waals surface area contributed by atoms with Gasteiger partial charge in [0.25, 0.3) is 0 Å². The van der Waals surface area contributed by atoms with Crippen molar-refractivity contribution in [1.29, 1.82) is 0 Å². The Morgan fingerprint density at radius 1 is 1.44 bits per heavy atom. The molecule has 104 valence electrons. The van der Waals surface area contributed by atoms with Crippen molar-refractivity contribution in [2.75, 3.05) is 13.2 Å². The molecule has 1 aliphatic heterocycles. The Hall–Kier alpha value is -1.30. The normalized spacial score (nSPS) is 21.8. The van der Waals surface area contributed by atoms with Gasteiger partial charge >= 0.3 is 12.1 Å². The van der Waals surface area contributed by atoms with Crippen molar-refractivity contribution in [3.63, 3.8) is 0 Å². The molecular formula is C12H21NO5. The van der Waals surface area contributed by atoms with Crippen LogP contribution >= 0.6 is 0 Å². The summed E-state index contributed by atoms with van der Waals surface area (Å²) < 4.78 is 5.24. The lowest BCUT2D eigenvalue weighted by Gasteiger charge is -2.30. The number of carboxylic acids is 1. The van der Waals surface area contributed by atoms with Crippen LogP contribution in [0.3, 0.4) is 0 Å². The van der Waals surface area contributed by atoms with Crippen molar-refractivity contribution in [2.45, 2.75) is 45.3 Å². The number of amides is 1. The standard InChI is InChI=1S/C12H21NO5/c1-12(2,3)18-11(17)13-6-4-5-9(13)8(7-14)10(15)16/h8-9,14H,4-7H2,1-3H3,(H,15,16). The molecular weight excluding hydrogens is 238 g/mol. The Labute approximate surface area is 107 Å². The molecule has 0 aromatic carbocycles. The Kier molecular flexibility index (Phi) is 4.56. The van der Waals surface area contributed by atoms with Crippen LogP contribution in [0, 0.1) is 5.92 Å². The van der Waals surface area contributed by atoms with Crippen LogP contribution in [0.1, 0.15) is 33.6 Å². The van der Waals surface area contributed by atoms with Gasteiger partial charge in [0.1, 0.15) is 11.5 Å². The quantitative estimate of drug-likeness (QED) is 0.792. The smallest absolute Gasteiger partial charge is 0.410 e. The highest BCUT2D eigenvalue weighted by Crippen LogP contribution is 2.26. The summed E-state index contributed by atoms with van der Waals surface area (Å²) in [5, 5.41) is 18.2. The molecule has 2 atom stereocenters. The average Bonchev–Trinajstić information content (AvgIpc) is 2.64. The molecule has 0 radical (unpaired) electrons. The van der Waals surface area contributed by atoms with Gasteiger partial charge in [0.05, 0.1) is 12.6 Å². The second-order valence-electron chi connectivity index (χ2n) is 5.51. The maximum atomic E-state index is 11.9. The molecule has 1 rings (SSSR count). The molecule has 6 nitrogen and oxygen atoms in total. The number of rotatable bonds is 3. The third-order valence-electron chi connectivity index (χ3n) is 2.91. The highest BCUT2D eigenvalue weighted by atomic mass is 16.6. The largest absolute Gasteiger partial charge is 0.481 e. The second-order valence-corrected chi connectivity index (χ2v) is 5.51. The van der Waals surface area contributed by atoms with E-state index in [-0.39, 0.29) is 0 Å². The van der Waals surface area contributed by atoms with E-state index in [9.17, 15) is 9.59 Å². The van der Waals surface area contributed by atoms with Crippen molar-refractivity contribution in [1.82, 2.24) is 4.90 Å². The Morgan fingerprint density at radius 2 is 2.06 bits per heavy atom. The van der Waals surface area contributed by atoms with E-state index in [1.165, 1.54) is 4.90 Å². The molecule has 0 aromatic rings. The van der Waals surface area contributed by atoms with Gasteiger partial charge in [0.2, 0.25) is 0 Å². The van der Waals surface area contributed by atoms with Crippen molar-refractivity contribution >= 4 is 12.1 Å². The lowest BCUT2D eigenvalue weighted by atomic mass is 9.99. The number of carbonyl (C=O) groups is 2. The zero-order valence-corrected chi connectivity index (χ0v) is 11.0. The molecule has 0 aromatic heterocycles. The van der Waals surface area contributed by atoms with E-state index < -0.39 is 36.2 Å². The van der Waals surface area contributed by atoms with Crippen LogP contribution < -0.4 is 0 Å². The first-order valence-electron chi connectivity index (χ1n) is 6.09. The predicted octanol–water partition coefficient (Wildman–Crippen LogP) is 1.08. The van der Waals surface area contributed by atoms with Gasteiger partial charge in [-0.15, -0.1) is 0 Å². The molecule has 0 bridgehead atoms. The molecule has 6 heteroatoms. The zero-order chi connectivity index (χ0) is 13.9. The number of hydrogen-bond acceptors (Lipinski definition) is 4. The summed E-state index contributed by atoms with van der Waals surface area (Å²) >= 11 is 0. The summed E-state index contributed by atoms with van der Waals surface area (Å²) in [5.41, 5.74) is -0.609. The van der Waals surface area contributed by atoms with Gasteiger partial charge in [-0.1, -0.05) is 0 Å². The van der Waals surface area contributed by atoms with Crippen LogP contribution in [-0.2, 0) is 9.53 Å². The fourth-order valence-corrected chi connectivity index (χ4v) is 2.12. The minimum absolute atomic E-state index is 0.473. The summed E-state index contributed by atoms with van der Waals surface area (Å²) in [5.74, 6) is -2.03. The number of ether oxygens (including phenoxy) is 1. The minimum atomic E-state index is -1.09. The Bertz CT molecular complexity index is 323. The van der Waals surface area contributed by atoms with Crippen LogP contribution in [0.2, 0.25) is 0 Å². The van der Waals surface area contributed by atoms with E-state index in [2.05, 4.69) is 0 Å². The van der Waals surface area contributed by atoms with Gasteiger partial charge in [0.15, 0.2) is 0 Å². The number of aliphatic hydroxyl groups is 1. The molecule has 0 aliphatic carbocycles. The number of likely N-dealkylation sites (tertiary alicyclic amines) is 1. The van der Waals surface area contributed by atoms with Crippen molar-refractivity contribution < 1.29 is 24.5 Å². The van der Waals surface area contributed by atoms with Crippen LogP contribution in [-0.4, -0.2) is 52.0 Å². The van der Waals surface area contributed by atoms with Crippen molar-refractivity contribution in [3.8, 4) is 0 Å². The Balaban J connectivity index is 2.75. The average molecular weight is 259 g/mol. The topological polar surface area (TPSA) is 87.1 Å². The number of carbonyl (C=O) groups excluding carboxylic acids is 1. The van der Waals surface area contributed by atoms with Gasteiger partial charge in [0, 0.05) is 6.54 Å². The number of hydrogen-bond donors (Lipinski definition) is 2. The molecule has 18 heavy (non-hydrogen) atoms. The molecule has 0 spiro atoms. The maximum Gasteiger partial charge on any atom is 0.410 e. The van der Waals surface area contributed by atoms with Crippen molar-refractivity contribution in [2.24, 2.45) is 5.92 Å². The van der Waals surface area contributed by atoms with Crippen LogP contribution in [0.5, 0.6) is 0 Å². The number of carboxylic acid groups (broad SMARTS) is 1. The molecule has 1 saturated heterocycles. The highest BCUT2D eigenvalue weighted by molar-refractivity contribution is 5.74.